The zero-order valence-electron chi connectivity index (χ0n) is 13.8. The number of benzene rings is 3. The second-order valence-electron chi connectivity index (χ2n) is 5.92. The number of ether oxygens (including phenoxy) is 2. The third-order valence-corrected chi connectivity index (χ3v) is 4.45. The van der Waals surface area contributed by atoms with Gasteiger partial charge in [-0.15, -0.1) is 0 Å². The third-order valence-electron chi connectivity index (χ3n) is 4.14. The molecule has 1 heterocycles. The van der Waals surface area contributed by atoms with Crippen molar-refractivity contribution in [3.63, 3.8) is 0 Å². The van der Waals surface area contributed by atoms with E-state index in [4.69, 9.17) is 21.1 Å². The molecule has 3 aromatic carbocycles. The molecule has 7 heteroatoms. The van der Waals surface area contributed by atoms with Crippen molar-refractivity contribution in [2.24, 2.45) is 0 Å². The largest absolute Gasteiger partial charge is 0.456 e. The quantitative estimate of drug-likeness (QED) is 0.437. The lowest BCUT2D eigenvalue weighted by Crippen LogP contribution is -2.05. The fraction of sp³-hybridized carbons (Fsp3) is 0.0500. The van der Waals surface area contributed by atoms with Gasteiger partial charge in [0.05, 0.1) is 22.1 Å². The van der Waals surface area contributed by atoms with Gasteiger partial charge in [-0.05, 0) is 18.2 Å². The van der Waals surface area contributed by atoms with Crippen molar-refractivity contribution < 1.29 is 19.2 Å². The minimum absolute atomic E-state index is 0.0325. The summed E-state index contributed by atoms with van der Waals surface area (Å²) in [5.74, 6) is 0.628. The van der Waals surface area contributed by atoms with Gasteiger partial charge in [0.15, 0.2) is 5.78 Å². The van der Waals surface area contributed by atoms with E-state index in [0.29, 0.717) is 16.3 Å². The van der Waals surface area contributed by atoms with Gasteiger partial charge >= 0.3 is 0 Å². The van der Waals surface area contributed by atoms with Crippen molar-refractivity contribution in [3.8, 4) is 23.0 Å². The summed E-state index contributed by atoms with van der Waals surface area (Å²) in [6, 6.07) is 16.2. The van der Waals surface area contributed by atoms with E-state index in [0.717, 1.165) is 0 Å². The molecule has 3 aromatic rings. The lowest BCUT2D eigenvalue weighted by atomic mass is 10.0. The first-order valence-electron chi connectivity index (χ1n) is 8.06. The van der Waals surface area contributed by atoms with Crippen molar-refractivity contribution in [3.05, 3.63) is 86.9 Å². The molecule has 1 aliphatic heterocycles. The standard InChI is InChI=1S/C20H12ClNO5/c21-14-6-2-4-8-17(14)27-19-11-13(22(24)25)10-18-20(19)15(23)9-12-5-1-3-7-16(12)26-18/h1-8,10-11H,9H2. The third kappa shape index (κ3) is 3.22. The number of non-ortho nitro benzene ring substituents is 1. The molecule has 0 aliphatic carbocycles. The highest BCUT2D eigenvalue weighted by Crippen LogP contribution is 2.43. The summed E-state index contributed by atoms with van der Waals surface area (Å²) < 4.78 is 11.6. The molecule has 0 radical (unpaired) electrons. The van der Waals surface area contributed by atoms with Crippen LogP contribution in [0.15, 0.2) is 60.7 Å². The second kappa shape index (κ2) is 6.74. The summed E-state index contributed by atoms with van der Waals surface area (Å²) in [4.78, 5) is 23.7. The number of para-hydroxylation sites is 2. The number of ketones is 1. The van der Waals surface area contributed by atoms with Gasteiger partial charge in [-0.25, -0.2) is 0 Å². The first-order valence-corrected chi connectivity index (χ1v) is 8.44. The SMILES string of the molecule is O=C1Cc2ccccc2Oc2cc([N+](=O)[O-])cc(Oc3ccccc3Cl)c21. The highest BCUT2D eigenvalue weighted by molar-refractivity contribution is 6.32. The van der Waals surface area contributed by atoms with Crippen LogP contribution in [0.25, 0.3) is 0 Å². The van der Waals surface area contributed by atoms with E-state index < -0.39 is 4.92 Å². The minimum Gasteiger partial charge on any atom is -0.456 e. The van der Waals surface area contributed by atoms with Crippen LogP contribution in [0, 0.1) is 10.1 Å². The first kappa shape index (κ1) is 17.1. The van der Waals surface area contributed by atoms with Crippen molar-refractivity contribution in [2.75, 3.05) is 0 Å². The van der Waals surface area contributed by atoms with Crippen LogP contribution in [0.3, 0.4) is 0 Å². The van der Waals surface area contributed by atoms with Crippen molar-refractivity contribution in [1.82, 2.24) is 0 Å². The normalized spacial score (nSPS) is 12.4. The number of fused-ring (bicyclic) bond motifs is 2. The van der Waals surface area contributed by atoms with Gasteiger partial charge in [0, 0.05) is 12.0 Å². The van der Waals surface area contributed by atoms with Gasteiger partial charge in [0.2, 0.25) is 0 Å². The maximum atomic E-state index is 12.9. The van der Waals surface area contributed by atoms with Crippen LogP contribution in [0.4, 0.5) is 5.69 Å². The van der Waals surface area contributed by atoms with Crippen LogP contribution in [0.1, 0.15) is 15.9 Å². The molecule has 0 saturated carbocycles. The van der Waals surface area contributed by atoms with Gasteiger partial charge in [-0.3, -0.25) is 14.9 Å². The molecular weight excluding hydrogens is 370 g/mol. The Morgan fingerprint density at radius 2 is 1.74 bits per heavy atom. The van der Waals surface area contributed by atoms with Crippen LogP contribution < -0.4 is 9.47 Å². The Bertz CT molecular complexity index is 1080. The number of carbonyl (C=O) groups excluding carboxylic acids is 1. The number of Topliss-reactive ketones (excluding diaryl/α,β-unsaturated/α-hetero) is 1. The fourth-order valence-corrected chi connectivity index (χ4v) is 3.07. The molecule has 0 spiro atoms. The summed E-state index contributed by atoms with van der Waals surface area (Å²) in [5, 5.41) is 11.7. The molecule has 1 aliphatic rings. The predicted molar refractivity (Wildman–Crippen MR) is 99.2 cm³/mol. The molecule has 6 nitrogen and oxygen atoms in total. The number of nitro groups is 1. The Labute approximate surface area is 159 Å². The van der Waals surface area contributed by atoms with Gasteiger partial charge in [0.1, 0.15) is 28.6 Å². The van der Waals surface area contributed by atoms with Crippen molar-refractivity contribution >= 4 is 23.1 Å². The molecule has 4 rings (SSSR count). The van der Waals surface area contributed by atoms with E-state index in [2.05, 4.69) is 0 Å². The molecule has 0 unspecified atom stereocenters. The Morgan fingerprint density at radius 3 is 2.52 bits per heavy atom. The molecule has 0 aromatic heterocycles. The second-order valence-corrected chi connectivity index (χ2v) is 6.32. The van der Waals surface area contributed by atoms with Gasteiger partial charge in [-0.1, -0.05) is 41.9 Å². The molecule has 0 atom stereocenters. The summed E-state index contributed by atoms with van der Waals surface area (Å²) in [5.41, 5.74) is 0.602. The maximum Gasteiger partial charge on any atom is 0.276 e. The average molecular weight is 382 g/mol. The van der Waals surface area contributed by atoms with Crippen LogP contribution in [-0.4, -0.2) is 10.7 Å². The lowest BCUT2D eigenvalue weighted by molar-refractivity contribution is -0.385. The number of rotatable bonds is 3. The zero-order valence-corrected chi connectivity index (χ0v) is 14.6. The Kier molecular flexibility index (Phi) is 4.25. The molecule has 0 saturated heterocycles. The van der Waals surface area contributed by atoms with E-state index in [1.54, 1.807) is 48.5 Å². The molecule has 134 valence electrons. The summed E-state index contributed by atoms with van der Waals surface area (Å²) >= 11 is 6.13. The first-order chi connectivity index (χ1) is 13.0. The van der Waals surface area contributed by atoms with Crippen LogP contribution >= 0.6 is 11.6 Å². The van der Waals surface area contributed by atoms with E-state index in [1.165, 1.54) is 12.1 Å². The monoisotopic (exact) mass is 381 g/mol. The topological polar surface area (TPSA) is 78.7 Å². The Morgan fingerprint density at radius 1 is 1.00 bits per heavy atom. The van der Waals surface area contributed by atoms with Gasteiger partial charge in [-0.2, -0.15) is 0 Å². The zero-order chi connectivity index (χ0) is 19.0. The smallest absolute Gasteiger partial charge is 0.276 e. The maximum absolute atomic E-state index is 12.9. The van der Waals surface area contributed by atoms with Crippen LogP contribution in [0.5, 0.6) is 23.0 Å². The van der Waals surface area contributed by atoms with Gasteiger partial charge < -0.3 is 9.47 Å². The van der Waals surface area contributed by atoms with Crippen molar-refractivity contribution in [1.29, 1.82) is 0 Å². The average Bonchev–Trinajstić information content (AvgIpc) is 2.79. The highest BCUT2D eigenvalue weighted by Gasteiger charge is 2.28. The highest BCUT2D eigenvalue weighted by atomic mass is 35.5. The molecule has 0 amide bonds. The summed E-state index contributed by atoms with van der Waals surface area (Å²) in [6.45, 7) is 0. The van der Waals surface area contributed by atoms with Crippen LogP contribution in [-0.2, 0) is 6.42 Å². The lowest BCUT2D eigenvalue weighted by Gasteiger charge is -2.13. The van der Waals surface area contributed by atoms with E-state index >= 15 is 0 Å². The van der Waals surface area contributed by atoms with E-state index in [1.807, 2.05) is 0 Å². The number of halogens is 1. The minimum atomic E-state index is -0.565. The van der Waals surface area contributed by atoms with E-state index in [-0.39, 0.29) is 40.7 Å². The Balaban J connectivity index is 1.89. The summed E-state index contributed by atoms with van der Waals surface area (Å²) in [7, 11) is 0. The number of nitrogens with zero attached hydrogens (tertiary/aromatic N) is 1. The molecule has 0 bridgehead atoms. The molecule has 0 fully saturated rings. The van der Waals surface area contributed by atoms with Gasteiger partial charge in [0.25, 0.3) is 5.69 Å². The predicted octanol–water partition coefficient (Wildman–Crippen LogP) is 5.57. The van der Waals surface area contributed by atoms with Crippen LogP contribution in [0.2, 0.25) is 5.02 Å². The van der Waals surface area contributed by atoms with E-state index in [9.17, 15) is 14.9 Å². The number of hydrogen-bond donors (Lipinski definition) is 0. The van der Waals surface area contributed by atoms with Crippen molar-refractivity contribution in [2.45, 2.75) is 6.42 Å². The molecule has 0 N–H and O–H groups in total. The fourth-order valence-electron chi connectivity index (χ4n) is 2.89. The molecular formula is C20H12ClNO5. The number of hydrogen-bond acceptors (Lipinski definition) is 5. The molecule has 27 heavy (non-hydrogen) atoms. The summed E-state index contributed by atoms with van der Waals surface area (Å²) in [6.07, 6.45) is 0.0971. The number of carbonyl (C=O) groups is 1. The Hall–Kier alpha value is -3.38. The number of nitro benzene ring substituents is 1.